The van der Waals surface area contributed by atoms with Crippen molar-refractivity contribution in [1.29, 1.82) is 0 Å². The Bertz CT molecular complexity index is 1140. The second-order valence-corrected chi connectivity index (χ2v) is 11.7. The van der Waals surface area contributed by atoms with Crippen LogP contribution in [-0.2, 0) is 4.74 Å². The summed E-state index contributed by atoms with van der Waals surface area (Å²) >= 11 is 0. The molecule has 2 saturated carbocycles. The summed E-state index contributed by atoms with van der Waals surface area (Å²) < 4.78 is 7.35. The molecule has 3 fully saturated rings. The molecule has 0 amide bonds. The van der Waals surface area contributed by atoms with Crippen molar-refractivity contribution in [2.45, 2.75) is 82.3 Å². The first-order valence-corrected chi connectivity index (χ1v) is 12.6. The second kappa shape index (κ2) is 6.13. The lowest BCUT2D eigenvalue weighted by Gasteiger charge is -2.54. The van der Waals surface area contributed by atoms with Crippen LogP contribution in [0.3, 0.4) is 0 Å². The maximum atomic E-state index is 7.35. The monoisotopic (exact) mass is 410 g/mol. The van der Waals surface area contributed by atoms with Gasteiger partial charge in [0.2, 0.25) is 0 Å². The predicted molar refractivity (Wildman–Crippen MR) is 127 cm³/mol. The summed E-state index contributed by atoms with van der Waals surface area (Å²) in [7, 11) is 0. The molecule has 0 unspecified atom stereocenters. The highest BCUT2D eigenvalue weighted by Crippen LogP contribution is 2.69. The highest BCUT2D eigenvalue weighted by atomic mass is 16.5. The SMILES string of the molecule is C[C@H]1CCC2=CC3=CC[C@]4(C)[C@@H](c5ccc6ccccc6c5)CC[C@H]4[C@@]34CC[C@]2(C1)O4. The number of benzene rings is 2. The summed E-state index contributed by atoms with van der Waals surface area (Å²) in [5.74, 6) is 2.07. The molecule has 0 radical (unpaired) electrons. The topological polar surface area (TPSA) is 9.23 Å². The Morgan fingerprint density at radius 2 is 1.84 bits per heavy atom. The van der Waals surface area contributed by atoms with Gasteiger partial charge in [-0.05, 0) is 102 Å². The molecule has 0 aromatic heterocycles. The first kappa shape index (κ1) is 18.7. The number of hydrogen-bond acceptors (Lipinski definition) is 1. The smallest absolute Gasteiger partial charge is 0.0974 e. The minimum atomic E-state index is -0.0147. The van der Waals surface area contributed by atoms with E-state index in [1.807, 2.05) is 0 Å². The van der Waals surface area contributed by atoms with Crippen molar-refractivity contribution in [3.05, 3.63) is 71.3 Å². The minimum Gasteiger partial charge on any atom is -0.359 e. The molecule has 2 heterocycles. The molecule has 5 aliphatic rings. The molecule has 0 N–H and O–H groups in total. The van der Waals surface area contributed by atoms with Gasteiger partial charge in [0.05, 0.1) is 11.2 Å². The molecule has 2 aliphatic heterocycles. The third-order valence-electron chi connectivity index (χ3n) is 10.1. The zero-order valence-electron chi connectivity index (χ0n) is 19.0. The van der Waals surface area contributed by atoms with E-state index >= 15 is 0 Å². The number of rotatable bonds is 1. The van der Waals surface area contributed by atoms with E-state index in [1.165, 1.54) is 62.1 Å². The average molecular weight is 411 g/mol. The Morgan fingerprint density at radius 1 is 0.968 bits per heavy atom. The van der Waals surface area contributed by atoms with Crippen LogP contribution < -0.4 is 0 Å². The molecule has 7 rings (SSSR count). The lowest BCUT2D eigenvalue weighted by atomic mass is 9.58. The molecular formula is C30H34O. The van der Waals surface area contributed by atoms with Crippen LogP contribution in [0.2, 0.25) is 0 Å². The first-order valence-electron chi connectivity index (χ1n) is 12.6. The van der Waals surface area contributed by atoms with E-state index in [4.69, 9.17) is 4.74 Å². The third kappa shape index (κ3) is 2.37. The molecule has 3 aliphatic carbocycles. The summed E-state index contributed by atoms with van der Waals surface area (Å²) in [6.07, 6.45) is 15.3. The van der Waals surface area contributed by atoms with Gasteiger partial charge in [-0.1, -0.05) is 68.5 Å². The molecule has 6 atom stereocenters. The lowest BCUT2D eigenvalue weighted by Crippen LogP contribution is -2.53. The van der Waals surface area contributed by atoms with Gasteiger partial charge in [-0.3, -0.25) is 0 Å². The fourth-order valence-corrected chi connectivity index (χ4v) is 8.62. The van der Waals surface area contributed by atoms with Crippen LogP contribution in [0.4, 0.5) is 0 Å². The molecule has 1 heteroatoms. The van der Waals surface area contributed by atoms with Crippen LogP contribution in [-0.4, -0.2) is 11.2 Å². The van der Waals surface area contributed by atoms with E-state index in [1.54, 1.807) is 16.7 Å². The molecular weight excluding hydrogens is 376 g/mol. The van der Waals surface area contributed by atoms with Gasteiger partial charge in [-0.25, -0.2) is 0 Å². The standard InChI is InChI=1S/C30H34O/c1-20-7-10-24-18-25-13-14-28(2)26(23-9-8-21-5-3-4-6-22(21)17-23)11-12-27(28)30(25)16-15-29(24,19-20)31-30/h3-6,8-9,13,17-18,20,26-27H,7,10-12,14-16,19H2,1-2H3/t20-,26+,27+,28+,29+,30+/m0/s1. The van der Waals surface area contributed by atoms with Crippen LogP contribution >= 0.6 is 0 Å². The summed E-state index contributed by atoms with van der Waals surface area (Å²) in [6, 6.07) is 16.0. The van der Waals surface area contributed by atoms with Crippen LogP contribution in [0.15, 0.2) is 65.8 Å². The summed E-state index contributed by atoms with van der Waals surface area (Å²) in [6.45, 7) is 5.02. The Hall–Kier alpha value is -1.86. The highest BCUT2D eigenvalue weighted by molar-refractivity contribution is 5.83. The van der Waals surface area contributed by atoms with E-state index in [0.29, 0.717) is 17.3 Å². The highest BCUT2D eigenvalue weighted by Gasteiger charge is 2.66. The van der Waals surface area contributed by atoms with E-state index in [0.717, 1.165) is 5.92 Å². The molecule has 1 saturated heterocycles. The van der Waals surface area contributed by atoms with Gasteiger partial charge in [0.15, 0.2) is 0 Å². The number of allylic oxidation sites excluding steroid dienone is 1. The van der Waals surface area contributed by atoms with E-state index in [-0.39, 0.29) is 11.2 Å². The Labute approximate surface area is 186 Å². The van der Waals surface area contributed by atoms with Crippen molar-refractivity contribution in [2.75, 3.05) is 0 Å². The molecule has 2 aromatic carbocycles. The van der Waals surface area contributed by atoms with Gasteiger partial charge in [0.25, 0.3) is 0 Å². The Morgan fingerprint density at radius 3 is 2.74 bits per heavy atom. The summed E-state index contributed by atoms with van der Waals surface area (Å²) in [4.78, 5) is 0. The van der Waals surface area contributed by atoms with Crippen LogP contribution in [0.25, 0.3) is 10.8 Å². The first-order chi connectivity index (χ1) is 15.0. The van der Waals surface area contributed by atoms with Gasteiger partial charge < -0.3 is 4.74 Å². The zero-order chi connectivity index (χ0) is 20.8. The molecule has 160 valence electrons. The maximum absolute atomic E-state index is 7.35. The minimum absolute atomic E-state index is 0.0147. The molecule has 31 heavy (non-hydrogen) atoms. The van der Waals surface area contributed by atoms with Gasteiger partial charge in [-0.2, -0.15) is 0 Å². The van der Waals surface area contributed by atoms with Crippen molar-refractivity contribution in [3.8, 4) is 0 Å². The predicted octanol–water partition coefficient (Wildman–Crippen LogP) is 7.72. The lowest BCUT2D eigenvalue weighted by molar-refractivity contribution is -0.138. The van der Waals surface area contributed by atoms with Crippen LogP contribution in [0.5, 0.6) is 0 Å². The number of hydrogen-bond donors (Lipinski definition) is 0. The summed E-state index contributed by atoms with van der Waals surface area (Å²) in [5.41, 5.74) is 5.06. The van der Waals surface area contributed by atoms with Crippen molar-refractivity contribution in [2.24, 2.45) is 17.3 Å². The molecule has 1 nitrogen and oxygen atoms in total. The van der Waals surface area contributed by atoms with Crippen LogP contribution in [0.1, 0.15) is 76.7 Å². The quantitative estimate of drug-likeness (QED) is 0.467. The van der Waals surface area contributed by atoms with Crippen molar-refractivity contribution < 1.29 is 4.74 Å². The maximum Gasteiger partial charge on any atom is 0.0974 e. The molecule has 2 spiro atoms. The number of ether oxygens (including phenoxy) is 1. The van der Waals surface area contributed by atoms with Gasteiger partial charge in [-0.15, -0.1) is 0 Å². The summed E-state index contributed by atoms with van der Waals surface area (Å²) in [5, 5.41) is 2.74. The Balaban J connectivity index is 1.31. The second-order valence-electron chi connectivity index (χ2n) is 11.7. The third-order valence-corrected chi connectivity index (χ3v) is 10.1. The fourth-order valence-electron chi connectivity index (χ4n) is 8.62. The van der Waals surface area contributed by atoms with Crippen molar-refractivity contribution in [3.63, 3.8) is 0 Å². The van der Waals surface area contributed by atoms with E-state index in [9.17, 15) is 0 Å². The normalized spacial score (nSPS) is 43.1. The average Bonchev–Trinajstić information content (AvgIpc) is 3.28. The van der Waals surface area contributed by atoms with Crippen molar-refractivity contribution >= 4 is 10.8 Å². The van der Waals surface area contributed by atoms with Gasteiger partial charge >= 0.3 is 0 Å². The molecule has 2 bridgehead atoms. The zero-order valence-corrected chi connectivity index (χ0v) is 19.0. The largest absolute Gasteiger partial charge is 0.359 e. The fraction of sp³-hybridized carbons (Fsp3) is 0.533. The van der Waals surface area contributed by atoms with E-state index in [2.05, 4.69) is 68.5 Å². The molecule has 2 aromatic rings. The Kier molecular flexibility index (Phi) is 3.70. The number of fused-ring (bicyclic) bond motifs is 2. The van der Waals surface area contributed by atoms with Gasteiger partial charge in [0, 0.05) is 0 Å². The van der Waals surface area contributed by atoms with Gasteiger partial charge in [0.1, 0.15) is 0 Å². The van der Waals surface area contributed by atoms with Crippen LogP contribution in [0, 0.1) is 17.3 Å². The van der Waals surface area contributed by atoms with E-state index < -0.39 is 0 Å². The van der Waals surface area contributed by atoms with Crippen molar-refractivity contribution in [1.82, 2.24) is 0 Å².